The van der Waals surface area contributed by atoms with Crippen molar-refractivity contribution in [1.29, 1.82) is 0 Å². The van der Waals surface area contributed by atoms with Gasteiger partial charge < -0.3 is 10.1 Å². The summed E-state index contributed by atoms with van der Waals surface area (Å²) in [6.07, 6.45) is 0. The van der Waals surface area contributed by atoms with Crippen molar-refractivity contribution in [3.05, 3.63) is 59.2 Å². The highest BCUT2D eigenvalue weighted by Gasteiger charge is 2.06. The predicted octanol–water partition coefficient (Wildman–Crippen LogP) is 5.76. The molecule has 0 spiro atoms. The quantitative estimate of drug-likeness (QED) is 0.650. The highest BCUT2D eigenvalue weighted by molar-refractivity contribution is 6.30. The molecule has 3 rings (SSSR count). The van der Waals surface area contributed by atoms with E-state index in [1.54, 1.807) is 0 Å². The third kappa shape index (κ3) is 4.06. The van der Waals surface area contributed by atoms with Crippen molar-refractivity contribution in [2.24, 2.45) is 0 Å². The maximum absolute atomic E-state index is 5.94. The zero-order valence-electron chi connectivity index (χ0n) is 13.0. The van der Waals surface area contributed by atoms with Crippen molar-refractivity contribution in [1.82, 2.24) is 4.98 Å². The fraction of sp³-hybridized carbons (Fsp3) is 0.167. The number of halogens is 2. The van der Waals surface area contributed by atoms with E-state index in [4.69, 9.17) is 16.3 Å². The lowest BCUT2D eigenvalue weighted by molar-refractivity contribution is 0.340. The number of hydrogen-bond donors (Lipinski definition) is 1. The van der Waals surface area contributed by atoms with Gasteiger partial charge in [0.15, 0.2) is 0 Å². The van der Waals surface area contributed by atoms with Gasteiger partial charge >= 0.3 is 0 Å². The average molecular weight is 349 g/mol. The van der Waals surface area contributed by atoms with Crippen LogP contribution in [0.25, 0.3) is 10.9 Å². The minimum atomic E-state index is 0. The summed E-state index contributed by atoms with van der Waals surface area (Å²) < 4.78 is 5.59. The first kappa shape index (κ1) is 17.4. The van der Waals surface area contributed by atoms with Gasteiger partial charge in [0.2, 0.25) is 0 Å². The number of aryl methyl sites for hydroxylation is 1. The fourth-order valence-corrected chi connectivity index (χ4v) is 2.51. The number of rotatable bonds is 4. The summed E-state index contributed by atoms with van der Waals surface area (Å²) in [6.45, 7) is 4.61. The Morgan fingerprint density at radius 3 is 2.52 bits per heavy atom. The van der Waals surface area contributed by atoms with E-state index < -0.39 is 0 Å². The summed E-state index contributed by atoms with van der Waals surface area (Å²) in [5.74, 6) is 0.847. The lowest BCUT2D eigenvalue weighted by Crippen LogP contribution is -1.96. The number of benzene rings is 2. The highest BCUT2D eigenvalue weighted by atomic mass is 35.5. The van der Waals surface area contributed by atoms with Gasteiger partial charge in [0.25, 0.3) is 0 Å². The Morgan fingerprint density at radius 2 is 1.83 bits per heavy atom. The standard InChI is InChI=1S/C18H17ClN2O.ClH/c1-3-22-15-8-9-17-16(11-15)18(10-12(2)20-17)21-14-6-4-13(19)5-7-14;/h4-11H,3H2,1-2H3,(H,20,21);1H. The van der Waals surface area contributed by atoms with Crippen LogP contribution in [0.2, 0.25) is 5.02 Å². The minimum Gasteiger partial charge on any atom is -0.494 e. The molecule has 5 heteroatoms. The van der Waals surface area contributed by atoms with E-state index in [1.165, 1.54) is 0 Å². The van der Waals surface area contributed by atoms with Crippen LogP contribution < -0.4 is 10.1 Å². The fourth-order valence-electron chi connectivity index (χ4n) is 2.39. The van der Waals surface area contributed by atoms with E-state index in [9.17, 15) is 0 Å². The van der Waals surface area contributed by atoms with E-state index in [0.717, 1.165) is 38.7 Å². The van der Waals surface area contributed by atoms with Crippen LogP contribution in [0.5, 0.6) is 5.75 Å². The maximum Gasteiger partial charge on any atom is 0.120 e. The van der Waals surface area contributed by atoms with Crippen LogP contribution in [-0.4, -0.2) is 11.6 Å². The van der Waals surface area contributed by atoms with Crippen LogP contribution in [0.4, 0.5) is 11.4 Å². The normalized spacial score (nSPS) is 10.2. The van der Waals surface area contributed by atoms with Gasteiger partial charge in [0.1, 0.15) is 5.75 Å². The van der Waals surface area contributed by atoms with Gasteiger partial charge in [0, 0.05) is 27.5 Å². The second-order valence-corrected chi connectivity index (χ2v) is 5.49. The molecule has 0 amide bonds. The first-order chi connectivity index (χ1) is 10.7. The molecule has 0 aliphatic carbocycles. The molecular formula is C18H18Cl2N2O. The predicted molar refractivity (Wildman–Crippen MR) is 99.6 cm³/mol. The lowest BCUT2D eigenvalue weighted by Gasteiger charge is -2.12. The van der Waals surface area contributed by atoms with Gasteiger partial charge in [-0.15, -0.1) is 12.4 Å². The number of hydrogen-bond acceptors (Lipinski definition) is 3. The number of fused-ring (bicyclic) bond motifs is 1. The molecule has 0 fully saturated rings. The topological polar surface area (TPSA) is 34.1 Å². The van der Waals surface area contributed by atoms with E-state index in [0.29, 0.717) is 6.61 Å². The molecule has 120 valence electrons. The Hall–Kier alpha value is -1.97. The van der Waals surface area contributed by atoms with Crippen molar-refractivity contribution in [3.8, 4) is 5.75 Å². The molecule has 0 radical (unpaired) electrons. The Labute approximate surface area is 147 Å². The molecule has 1 heterocycles. The summed E-state index contributed by atoms with van der Waals surface area (Å²) in [4.78, 5) is 4.58. The zero-order chi connectivity index (χ0) is 15.5. The van der Waals surface area contributed by atoms with Crippen molar-refractivity contribution >= 4 is 46.3 Å². The number of ether oxygens (including phenoxy) is 1. The monoisotopic (exact) mass is 348 g/mol. The van der Waals surface area contributed by atoms with E-state index in [-0.39, 0.29) is 12.4 Å². The largest absolute Gasteiger partial charge is 0.494 e. The Kier molecular flexibility index (Phi) is 5.69. The molecule has 0 unspecified atom stereocenters. The van der Waals surface area contributed by atoms with E-state index in [2.05, 4.69) is 10.3 Å². The highest BCUT2D eigenvalue weighted by Crippen LogP contribution is 2.30. The second-order valence-electron chi connectivity index (χ2n) is 5.06. The molecule has 0 aliphatic rings. The van der Waals surface area contributed by atoms with Gasteiger partial charge in [-0.1, -0.05) is 11.6 Å². The summed E-state index contributed by atoms with van der Waals surface area (Å²) in [6, 6.07) is 15.6. The zero-order valence-corrected chi connectivity index (χ0v) is 14.5. The second kappa shape index (κ2) is 7.53. The molecule has 0 bridgehead atoms. The molecule has 1 N–H and O–H groups in total. The number of aromatic nitrogens is 1. The first-order valence-electron chi connectivity index (χ1n) is 7.22. The third-order valence-corrected chi connectivity index (χ3v) is 3.59. The van der Waals surface area contributed by atoms with Crippen LogP contribution in [0.3, 0.4) is 0 Å². The van der Waals surface area contributed by atoms with Crippen LogP contribution in [0.15, 0.2) is 48.5 Å². The van der Waals surface area contributed by atoms with Gasteiger partial charge in [-0.25, -0.2) is 0 Å². The summed E-state index contributed by atoms with van der Waals surface area (Å²) in [5, 5.41) is 5.19. The lowest BCUT2D eigenvalue weighted by atomic mass is 10.1. The Bertz CT molecular complexity index is 804. The number of pyridine rings is 1. The smallest absolute Gasteiger partial charge is 0.120 e. The number of nitrogens with one attached hydrogen (secondary N) is 1. The molecule has 0 aliphatic heterocycles. The molecule has 23 heavy (non-hydrogen) atoms. The number of nitrogens with zero attached hydrogens (tertiary/aromatic N) is 1. The molecule has 3 nitrogen and oxygen atoms in total. The van der Waals surface area contributed by atoms with Gasteiger partial charge in [-0.05, 0) is 62.4 Å². The SMILES string of the molecule is CCOc1ccc2nc(C)cc(Nc3ccc(Cl)cc3)c2c1.Cl. The van der Waals surface area contributed by atoms with E-state index >= 15 is 0 Å². The van der Waals surface area contributed by atoms with Crippen LogP contribution in [-0.2, 0) is 0 Å². The molecule has 0 saturated heterocycles. The molecule has 0 saturated carbocycles. The number of anilines is 2. The molecular weight excluding hydrogens is 331 g/mol. The molecule has 0 atom stereocenters. The Balaban J connectivity index is 0.00000192. The van der Waals surface area contributed by atoms with Gasteiger partial charge in [-0.3, -0.25) is 4.98 Å². The summed E-state index contributed by atoms with van der Waals surface area (Å²) in [5.41, 5.74) is 3.90. The minimum absolute atomic E-state index is 0. The van der Waals surface area contributed by atoms with E-state index in [1.807, 2.05) is 62.4 Å². The van der Waals surface area contributed by atoms with Crippen molar-refractivity contribution < 1.29 is 4.74 Å². The van der Waals surface area contributed by atoms with Crippen molar-refractivity contribution in [3.63, 3.8) is 0 Å². The third-order valence-electron chi connectivity index (χ3n) is 3.34. The average Bonchev–Trinajstić information content (AvgIpc) is 2.50. The molecule has 2 aromatic carbocycles. The first-order valence-corrected chi connectivity index (χ1v) is 7.60. The Morgan fingerprint density at radius 1 is 1.09 bits per heavy atom. The maximum atomic E-state index is 5.94. The summed E-state index contributed by atoms with van der Waals surface area (Å²) in [7, 11) is 0. The van der Waals surface area contributed by atoms with Crippen LogP contribution in [0.1, 0.15) is 12.6 Å². The van der Waals surface area contributed by atoms with Crippen molar-refractivity contribution in [2.45, 2.75) is 13.8 Å². The van der Waals surface area contributed by atoms with Crippen molar-refractivity contribution in [2.75, 3.05) is 11.9 Å². The van der Waals surface area contributed by atoms with Crippen LogP contribution >= 0.6 is 24.0 Å². The van der Waals surface area contributed by atoms with Gasteiger partial charge in [0.05, 0.1) is 12.1 Å². The molecule has 1 aromatic heterocycles. The summed E-state index contributed by atoms with van der Waals surface area (Å²) >= 11 is 5.94. The molecule has 3 aromatic rings. The van der Waals surface area contributed by atoms with Gasteiger partial charge in [-0.2, -0.15) is 0 Å². The van der Waals surface area contributed by atoms with Crippen LogP contribution in [0, 0.1) is 6.92 Å².